The van der Waals surface area contributed by atoms with Crippen LogP contribution < -0.4 is 4.74 Å². The van der Waals surface area contributed by atoms with Gasteiger partial charge in [-0.1, -0.05) is 6.07 Å². The number of alkyl halides is 3. The molecule has 1 aromatic rings. The highest BCUT2D eigenvalue weighted by Gasteiger charge is 2.31. The molecule has 14 heavy (non-hydrogen) atoms. The zero-order valence-corrected chi connectivity index (χ0v) is 7.30. The highest BCUT2D eigenvalue weighted by Crippen LogP contribution is 2.26. The van der Waals surface area contributed by atoms with Gasteiger partial charge in [0.25, 0.3) is 0 Å². The molecule has 0 amide bonds. The Kier molecular flexibility index (Phi) is 3.00. The van der Waals surface area contributed by atoms with E-state index in [0.29, 0.717) is 11.1 Å². The van der Waals surface area contributed by atoms with Gasteiger partial charge in [-0.2, -0.15) is 0 Å². The molecule has 0 unspecified atom stereocenters. The summed E-state index contributed by atoms with van der Waals surface area (Å²) in [4.78, 5) is 0. The van der Waals surface area contributed by atoms with Crippen molar-refractivity contribution >= 4 is 0 Å². The van der Waals surface area contributed by atoms with Crippen molar-refractivity contribution in [3.05, 3.63) is 35.9 Å². The van der Waals surface area contributed by atoms with E-state index in [0.717, 1.165) is 12.7 Å². The van der Waals surface area contributed by atoms with Gasteiger partial charge in [0.2, 0.25) is 0 Å². The molecule has 0 fully saturated rings. The van der Waals surface area contributed by atoms with Crippen LogP contribution in [0.1, 0.15) is 11.1 Å². The van der Waals surface area contributed by atoms with Crippen LogP contribution in [-0.2, 0) is 0 Å². The lowest BCUT2D eigenvalue weighted by Gasteiger charge is -2.11. The Morgan fingerprint density at radius 3 is 2.43 bits per heavy atom. The highest BCUT2D eigenvalue weighted by atomic mass is 19.4. The molecule has 0 heterocycles. The van der Waals surface area contributed by atoms with Crippen molar-refractivity contribution in [1.29, 1.82) is 0 Å². The van der Waals surface area contributed by atoms with E-state index in [1.54, 1.807) is 0 Å². The summed E-state index contributed by atoms with van der Waals surface area (Å²) in [6.07, 6.45) is -4.69. The molecule has 1 radical (unpaired) electrons. The van der Waals surface area contributed by atoms with Gasteiger partial charge in [0.15, 0.2) is 0 Å². The Morgan fingerprint density at radius 1 is 1.36 bits per heavy atom. The maximum absolute atomic E-state index is 11.8. The van der Waals surface area contributed by atoms with Crippen LogP contribution in [0.5, 0.6) is 5.75 Å². The molecule has 0 saturated heterocycles. The fraction of sp³-hybridized carbons (Fsp3) is 0.222. The van der Waals surface area contributed by atoms with Crippen molar-refractivity contribution in [3.8, 4) is 5.75 Å². The van der Waals surface area contributed by atoms with Gasteiger partial charge in [-0.05, 0) is 30.2 Å². The lowest BCUT2D eigenvalue weighted by Crippen LogP contribution is -2.17. The summed E-state index contributed by atoms with van der Waals surface area (Å²) >= 11 is 0. The Hall–Kier alpha value is -1.23. The van der Waals surface area contributed by atoms with Crippen molar-refractivity contribution in [1.82, 2.24) is 0 Å². The molecule has 0 aromatic heterocycles. The second-order valence-corrected chi connectivity index (χ2v) is 2.70. The summed E-state index contributed by atoms with van der Waals surface area (Å²) in [6.45, 7) is 2.28. The van der Waals surface area contributed by atoms with E-state index in [-0.39, 0.29) is 5.75 Å². The molecule has 77 valence electrons. The standard InChI is InChI=1S/C9H8F3O2/c1-6-4-7(5-13)2-3-8(6)14-9(10,11)12/h2-5,13H,1H3. The van der Waals surface area contributed by atoms with Crippen molar-refractivity contribution in [2.45, 2.75) is 13.3 Å². The zero-order chi connectivity index (χ0) is 10.8. The second kappa shape index (κ2) is 3.88. The fourth-order valence-corrected chi connectivity index (χ4v) is 0.992. The summed E-state index contributed by atoms with van der Waals surface area (Å²) in [7, 11) is 0. The molecule has 1 rings (SSSR count). The number of ether oxygens (including phenoxy) is 1. The fourth-order valence-electron chi connectivity index (χ4n) is 0.992. The first-order valence-corrected chi connectivity index (χ1v) is 3.76. The number of rotatable bonds is 2. The van der Waals surface area contributed by atoms with Crippen LogP contribution in [0.4, 0.5) is 13.2 Å². The number of aliphatic hydroxyl groups excluding tert-OH is 1. The second-order valence-electron chi connectivity index (χ2n) is 2.70. The molecule has 0 saturated carbocycles. The van der Waals surface area contributed by atoms with E-state index in [1.165, 1.54) is 19.1 Å². The quantitative estimate of drug-likeness (QED) is 0.804. The minimum absolute atomic E-state index is 0.261. The van der Waals surface area contributed by atoms with Gasteiger partial charge < -0.3 is 9.84 Å². The van der Waals surface area contributed by atoms with E-state index in [1.807, 2.05) is 0 Å². The van der Waals surface area contributed by atoms with Gasteiger partial charge in [-0.25, -0.2) is 0 Å². The van der Waals surface area contributed by atoms with E-state index in [4.69, 9.17) is 5.11 Å². The zero-order valence-electron chi connectivity index (χ0n) is 7.30. The maximum Gasteiger partial charge on any atom is 0.573 e. The van der Waals surface area contributed by atoms with Gasteiger partial charge >= 0.3 is 6.36 Å². The van der Waals surface area contributed by atoms with Gasteiger partial charge in [0, 0.05) is 0 Å². The summed E-state index contributed by atoms with van der Waals surface area (Å²) in [5.41, 5.74) is 0.738. The molecule has 1 aromatic carbocycles. The molecule has 0 aliphatic carbocycles. The number of benzene rings is 1. The number of hydrogen-bond acceptors (Lipinski definition) is 2. The molecule has 0 bridgehead atoms. The molecule has 0 atom stereocenters. The van der Waals surface area contributed by atoms with Crippen molar-refractivity contribution in [2.24, 2.45) is 0 Å². The van der Waals surface area contributed by atoms with Crippen molar-refractivity contribution in [2.75, 3.05) is 0 Å². The number of hydrogen-bond donors (Lipinski definition) is 1. The lowest BCUT2D eigenvalue weighted by atomic mass is 10.1. The minimum Gasteiger partial charge on any atom is -0.406 e. The predicted octanol–water partition coefficient (Wildman–Crippen LogP) is 2.78. The molecule has 2 nitrogen and oxygen atoms in total. The Labute approximate surface area is 78.9 Å². The van der Waals surface area contributed by atoms with E-state index < -0.39 is 6.36 Å². The lowest BCUT2D eigenvalue weighted by molar-refractivity contribution is -0.274. The van der Waals surface area contributed by atoms with Crippen LogP contribution in [0.3, 0.4) is 0 Å². The van der Waals surface area contributed by atoms with E-state index >= 15 is 0 Å². The molecule has 1 N–H and O–H groups in total. The van der Waals surface area contributed by atoms with Crippen molar-refractivity contribution in [3.63, 3.8) is 0 Å². The molecular weight excluding hydrogens is 197 g/mol. The van der Waals surface area contributed by atoms with Crippen LogP contribution in [-0.4, -0.2) is 11.5 Å². The molecular formula is C9H8F3O2. The first-order valence-electron chi connectivity index (χ1n) is 3.76. The molecule has 0 aliphatic rings. The number of halogens is 3. The molecule has 0 aliphatic heterocycles. The van der Waals surface area contributed by atoms with Gasteiger partial charge in [0.1, 0.15) is 12.4 Å². The Morgan fingerprint density at radius 2 is 2.00 bits per heavy atom. The first kappa shape index (κ1) is 10.8. The third-order valence-electron chi connectivity index (χ3n) is 1.57. The van der Waals surface area contributed by atoms with Crippen LogP contribution in [0.25, 0.3) is 0 Å². The van der Waals surface area contributed by atoms with Crippen LogP contribution in [0.2, 0.25) is 0 Å². The van der Waals surface area contributed by atoms with E-state index in [9.17, 15) is 13.2 Å². The monoisotopic (exact) mass is 205 g/mol. The third kappa shape index (κ3) is 2.92. The van der Waals surface area contributed by atoms with Gasteiger partial charge in [-0.3, -0.25) is 0 Å². The first-order chi connectivity index (χ1) is 6.42. The third-order valence-corrected chi connectivity index (χ3v) is 1.57. The van der Waals surface area contributed by atoms with Crippen LogP contribution in [0, 0.1) is 13.5 Å². The number of aliphatic hydroxyl groups is 1. The van der Waals surface area contributed by atoms with Crippen molar-refractivity contribution < 1.29 is 23.0 Å². The average Bonchev–Trinajstić information content (AvgIpc) is 2.06. The summed E-state index contributed by atoms with van der Waals surface area (Å²) in [6, 6.07) is 3.88. The SMILES string of the molecule is Cc1cc([CH]O)ccc1OC(F)(F)F. The topological polar surface area (TPSA) is 29.5 Å². The predicted molar refractivity (Wildman–Crippen MR) is 43.2 cm³/mol. The van der Waals surface area contributed by atoms with Gasteiger partial charge in [-0.15, -0.1) is 13.2 Å². The summed E-state index contributed by atoms with van der Waals surface area (Å²) in [5.74, 6) is -0.261. The Bertz CT molecular complexity index is 320. The summed E-state index contributed by atoms with van der Waals surface area (Å²) in [5, 5.41) is 8.60. The van der Waals surface area contributed by atoms with Gasteiger partial charge in [0.05, 0.1) is 0 Å². The smallest absolute Gasteiger partial charge is 0.406 e. The minimum atomic E-state index is -4.69. The molecule has 5 heteroatoms. The van der Waals surface area contributed by atoms with Crippen LogP contribution >= 0.6 is 0 Å². The number of aryl methyl sites for hydroxylation is 1. The molecule has 0 spiro atoms. The summed E-state index contributed by atoms with van der Waals surface area (Å²) < 4.78 is 39.2. The Balaban J connectivity index is 2.89. The maximum atomic E-state index is 11.8. The van der Waals surface area contributed by atoms with E-state index in [2.05, 4.69) is 4.74 Å². The normalized spacial score (nSPS) is 11.5. The largest absolute Gasteiger partial charge is 0.573 e. The average molecular weight is 205 g/mol. The highest BCUT2D eigenvalue weighted by molar-refractivity contribution is 5.38. The van der Waals surface area contributed by atoms with Crippen LogP contribution in [0.15, 0.2) is 18.2 Å².